The van der Waals surface area contributed by atoms with Crippen LogP contribution in [0.2, 0.25) is 0 Å². The van der Waals surface area contributed by atoms with E-state index in [9.17, 15) is 4.79 Å². The summed E-state index contributed by atoms with van der Waals surface area (Å²) in [7, 11) is 0. The third kappa shape index (κ3) is 5.99. The summed E-state index contributed by atoms with van der Waals surface area (Å²) in [6.45, 7) is 4.90. The highest BCUT2D eigenvalue weighted by molar-refractivity contribution is 5.85. The Morgan fingerprint density at radius 2 is 2.05 bits per heavy atom. The van der Waals surface area contributed by atoms with Gasteiger partial charge >= 0.3 is 0 Å². The molecule has 2 heterocycles. The number of nitrogens with zero attached hydrogens (tertiary/aromatic N) is 2. The first-order valence-corrected chi connectivity index (χ1v) is 7.38. The van der Waals surface area contributed by atoms with Crippen LogP contribution in [0.25, 0.3) is 0 Å². The van der Waals surface area contributed by atoms with Gasteiger partial charge in [-0.25, -0.2) is 4.98 Å². The minimum atomic E-state index is -0.140. The number of rotatable bonds is 5. The number of pyridine rings is 1. The van der Waals surface area contributed by atoms with Crippen LogP contribution >= 0.6 is 24.8 Å². The Morgan fingerprint density at radius 1 is 1.36 bits per heavy atom. The van der Waals surface area contributed by atoms with Gasteiger partial charge in [-0.1, -0.05) is 6.92 Å². The van der Waals surface area contributed by atoms with Crippen molar-refractivity contribution in [3.63, 3.8) is 0 Å². The molecule has 0 radical (unpaired) electrons. The zero-order chi connectivity index (χ0) is 14.4. The minimum absolute atomic E-state index is 0. The van der Waals surface area contributed by atoms with E-state index in [0.29, 0.717) is 13.1 Å². The van der Waals surface area contributed by atoms with E-state index in [1.54, 1.807) is 0 Å². The molecule has 1 fully saturated rings. The number of carbonyl (C=O) groups excluding carboxylic acids is 1. The molecule has 1 atom stereocenters. The van der Waals surface area contributed by atoms with Crippen LogP contribution in [0.3, 0.4) is 0 Å². The fraction of sp³-hybridized carbons (Fsp3) is 0.600. The molecule has 1 aromatic rings. The normalized spacial score (nSPS) is 15.3. The van der Waals surface area contributed by atoms with Gasteiger partial charge in [-0.05, 0) is 37.0 Å². The number of anilines is 1. The molecule has 7 heteroatoms. The second-order valence-electron chi connectivity index (χ2n) is 5.42. The van der Waals surface area contributed by atoms with Crippen LogP contribution in [-0.2, 0) is 11.3 Å². The molecule has 1 aliphatic heterocycles. The molecule has 0 saturated carbocycles. The molecule has 1 aromatic heterocycles. The van der Waals surface area contributed by atoms with Gasteiger partial charge in [-0.3, -0.25) is 4.79 Å². The van der Waals surface area contributed by atoms with Crippen LogP contribution in [-0.4, -0.2) is 30.5 Å². The summed E-state index contributed by atoms with van der Waals surface area (Å²) in [5.74, 6) is 0.880. The highest BCUT2D eigenvalue weighted by Gasteiger charge is 2.13. The fourth-order valence-corrected chi connectivity index (χ4v) is 2.34. The number of nitrogens with one attached hydrogen (secondary N) is 1. The number of nitrogens with two attached hydrogens (primary N) is 1. The predicted molar refractivity (Wildman–Crippen MR) is 94.9 cm³/mol. The maximum absolute atomic E-state index is 11.7. The summed E-state index contributed by atoms with van der Waals surface area (Å²) in [5.41, 5.74) is 6.57. The molecule has 0 aliphatic carbocycles. The van der Waals surface area contributed by atoms with Crippen LogP contribution in [0.4, 0.5) is 5.82 Å². The van der Waals surface area contributed by atoms with Crippen molar-refractivity contribution in [2.75, 3.05) is 24.5 Å². The van der Waals surface area contributed by atoms with Crippen LogP contribution in [0.1, 0.15) is 31.7 Å². The standard InChI is InChI=1S/C15H24N4O.2ClH/c1-12(10-16)15(20)18-11-13-5-6-17-14(9-13)19-7-3-2-4-8-19;;/h5-6,9,12H,2-4,7-8,10-11,16H2,1H3,(H,18,20);2*1H. The molecular formula is C15H26Cl2N4O. The van der Waals surface area contributed by atoms with E-state index in [2.05, 4.69) is 21.3 Å². The highest BCUT2D eigenvalue weighted by atomic mass is 35.5. The molecule has 0 aromatic carbocycles. The Hall–Kier alpha value is -1.04. The lowest BCUT2D eigenvalue weighted by Gasteiger charge is -2.28. The number of halogens is 2. The largest absolute Gasteiger partial charge is 0.357 e. The van der Waals surface area contributed by atoms with Crippen LogP contribution in [0.15, 0.2) is 18.3 Å². The number of hydrogen-bond donors (Lipinski definition) is 2. The van der Waals surface area contributed by atoms with Crippen LogP contribution < -0.4 is 16.0 Å². The zero-order valence-electron chi connectivity index (χ0n) is 13.0. The Labute approximate surface area is 144 Å². The molecular weight excluding hydrogens is 323 g/mol. The van der Waals surface area contributed by atoms with E-state index in [1.165, 1.54) is 19.3 Å². The van der Waals surface area contributed by atoms with Gasteiger partial charge in [0.25, 0.3) is 0 Å². The Bertz CT molecular complexity index is 453. The van der Waals surface area contributed by atoms with Gasteiger partial charge in [0, 0.05) is 38.3 Å². The lowest BCUT2D eigenvalue weighted by Crippen LogP contribution is -2.33. The molecule has 1 saturated heterocycles. The topological polar surface area (TPSA) is 71.2 Å². The van der Waals surface area contributed by atoms with Crippen molar-refractivity contribution in [2.24, 2.45) is 11.7 Å². The molecule has 22 heavy (non-hydrogen) atoms. The fourth-order valence-electron chi connectivity index (χ4n) is 2.34. The van der Waals surface area contributed by atoms with Crippen LogP contribution in [0, 0.1) is 5.92 Å². The van der Waals surface area contributed by atoms with E-state index in [1.807, 2.05) is 19.2 Å². The molecule has 1 unspecified atom stereocenters. The van der Waals surface area contributed by atoms with Gasteiger partial charge in [-0.2, -0.15) is 0 Å². The van der Waals surface area contributed by atoms with Crippen molar-refractivity contribution in [3.05, 3.63) is 23.9 Å². The van der Waals surface area contributed by atoms with Crippen molar-refractivity contribution in [3.8, 4) is 0 Å². The molecule has 126 valence electrons. The third-order valence-corrected chi connectivity index (χ3v) is 3.76. The number of aromatic nitrogens is 1. The zero-order valence-corrected chi connectivity index (χ0v) is 14.6. The molecule has 3 N–H and O–H groups in total. The maximum atomic E-state index is 11.7. The quantitative estimate of drug-likeness (QED) is 0.854. The first kappa shape index (κ1) is 21.0. The lowest BCUT2D eigenvalue weighted by atomic mass is 10.1. The number of piperidine rings is 1. The maximum Gasteiger partial charge on any atom is 0.224 e. The first-order chi connectivity index (χ1) is 9.70. The van der Waals surface area contributed by atoms with E-state index in [-0.39, 0.29) is 36.6 Å². The second kappa shape index (κ2) is 10.6. The van der Waals surface area contributed by atoms with Gasteiger partial charge in [0.1, 0.15) is 5.82 Å². The summed E-state index contributed by atoms with van der Waals surface area (Å²) in [6, 6.07) is 4.01. The second-order valence-corrected chi connectivity index (χ2v) is 5.42. The van der Waals surface area contributed by atoms with E-state index < -0.39 is 0 Å². The molecule has 2 rings (SSSR count). The summed E-state index contributed by atoms with van der Waals surface area (Å²) in [6.07, 6.45) is 5.59. The molecule has 1 aliphatic rings. The molecule has 0 bridgehead atoms. The van der Waals surface area contributed by atoms with Gasteiger partial charge in [-0.15, -0.1) is 24.8 Å². The third-order valence-electron chi connectivity index (χ3n) is 3.76. The Kier molecular flexibility index (Phi) is 10.1. The first-order valence-electron chi connectivity index (χ1n) is 7.38. The summed E-state index contributed by atoms with van der Waals surface area (Å²) in [5, 5.41) is 2.91. The van der Waals surface area contributed by atoms with Gasteiger partial charge in [0.05, 0.1) is 0 Å². The number of hydrogen-bond acceptors (Lipinski definition) is 4. The number of carbonyl (C=O) groups is 1. The lowest BCUT2D eigenvalue weighted by molar-refractivity contribution is -0.124. The minimum Gasteiger partial charge on any atom is -0.357 e. The van der Waals surface area contributed by atoms with E-state index in [4.69, 9.17) is 5.73 Å². The van der Waals surface area contributed by atoms with Crippen molar-refractivity contribution < 1.29 is 4.79 Å². The molecule has 1 amide bonds. The Balaban J connectivity index is 0.00000220. The van der Waals surface area contributed by atoms with Crippen molar-refractivity contribution in [2.45, 2.75) is 32.7 Å². The van der Waals surface area contributed by atoms with Gasteiger partial charge in [0.2, 0.25) is 5.91 Å². The smallest absolute Gasteiger partial charge is 0.224 e. The van der Waals surface area contributed by atoms with Crippen molar-refractivity contribution in [1.29, 1.82) is 0 Å². The average Bonchev–Trinajstić information content (AvgIpc) is 2.53. The molecule has 5 nitrogen and oxygen atoms in total. The summed E-state index contributed by atoms with van der Waals surface area (Å²) in [4.78, 5) is 18.5. The number of amides is 1. The van der Waals surface area contributed by atoms with E-state index in [0.717, 1.165) is 24.5 Å². The Morgan fingerprint density at radius 3 is 2.68 bits per heavy atom. The predicted octanol–water partition coefficient (Wildman–Crippen LogP) is 2.13. The summed E-state index contributed by atoms with van der Waals surface area (Å²) >= 11 is 0. The monoisotopic (exact) mass is 348 g/mol. The van der Waals surface area contributed by atoms with E-state index >= 15 is 0 Å². The van der Waals surface area contributed by atoms with Crippen molar-refractivity contribution >= 4 is 36.5 Å². The molecule has 0 spiro atoms. The van der Waals surface area contributed by atoms with Crippen LogP contribution in [0.5, 0.6) is 0 Å². The van der Waals surface area contributed by atoms with Crippen molar-refractivity contribution in [1.82, 2.24) is 10.3 Å². The average molecular weight is 349 g/mol. The van der Waals surface area contributed by atoms with Gasteiger partial charge in [0.15, 0.2) is 0 Å². The SMILES string of the molecule is CC(CN)C(=O)NCc1ccnc(N2CCCCC2)c1.Cl.Cl. The highest BCUT2D eigenvalue weighted by Crippen LogP contribution is 2.18. The van der Waals surface area contributed by atoms with Gasteiger partial charge < -0.3 is 16.0 Å². The summed E-state index contributed by atoms with van der Waals surface area (Å²) < 4.78 is 0.